The lowest BCUT2D eigenvalue weighted by Gasteiger charge is -2.13. The summed E-state index contributed by atoms with van der Waals surface area (Å²) in [4.78, 5) is 31.0. The van der Waals surface area contributed by atoms with Gasteiger partial charge in [-0.05, 0) is 67.9 Å². The summed E-state index contributed by atoms with van der Waals surface area (Å²) in [6.45, 7) is 5.20. The number of aryl methyl sites for hydroxylation is 2. The molecule has 2 heterocycles. The molecule has 0 aliphatic rings. The summed E-state index contributed by atoms with van der Waals surface area (Å²) in [6.07, 6.45) is 0.734. The predicted octanol–water partition coefficient (Wildman–Crippen LogP) is 4.83. The van der Waals surface area contributed by atoms with Crippen molar-refractivity contribution in [2.45, 2.75) is 25.4 Å². The monoisotopic (exact) mass is 526 g/mol. The maximum atomic E-state index is 13.7. The molecule has 0 bridgehead atoms. The van der Waals surface area contributed by atoms with E-state index in [0.29, 0.717) is 38.3 Å². The number of carbonyl (C=O) groups is 1. The van der Waals surface area contributed by atoms with Crippen molar-refractivity contribution in [1.29, 1.82) is 0 Å². The van der Waals surface area contributed by atoms with Gasteiger partial charge in [-0.25, -0.2) is 4.98 Å². The van der Waals surface area contributed by atoms with E-state index in [2.05, 4.69) is 12.2 Å². The molecule has 4 aromatic rings. The third-order valence-corrected chi connectivity index (χ3v) is 7.81. The Bertz CT molecular complexity index is 1480. The molecule has 0 saturated heterocycles. The fraction of sp³-hybridized carbons (Fsp3) is 0.280. The van der Waals surface area contributed by atoms with Crippen LogP contribution in [0.1, 0.15) is 17.5 Å². The van der Waals surface area contributed by atoms with Crippen LogP contribution in [0.25, 0.3) is 21.7 Å². The first kappa shape index (κ1) is 25.3. The number of ether oxygens (including phenoxy) is 1. The van der Waals surface area contributed by atoms with Crippen LogP contribution >= 0.6 is 35.3 Å². The molecule has 2 aromatic heterocycles. The topological polar surface area (TPSA) is 78.2 Å². The van der Waals surface area contributed by atoms with Gasteiger partial charge in [-0.1, -0.05) is 47.4 Å². The van der Waals surface area contributed by atoms with Gasteiger partial charge < -0.3 is 10.1 Å². The van der Waals surface area contributed by atoms with Gasteiger partial charge in [0.15, 0.2) is 14.8 Å². The highest BCUT2D eigenvalue weighted by atomic mass is 32.2. The summed E-state index contributed by atoms with van der Waals surface area (Å²) in [6, 6.07) is 15.4. The smallest absolute Gasteiger partial charge is 0.278 e. The standard InChI is InChI=1S/C25H26N4O3S3/c1-16-10-11-19(14-17(16)2)28-22-21(35-25(28)33)23(31)29(18-8-5-4-6-9-18)24(27-22)34-15-20(30)26-12-7-13-32-3/h4-6,8-11,14H,7,12-13,15H2,1-3H3,(H,26,30). The van der Waals surface area contributed by atoms with E-state index in [0.717, 1.165) is 17.7 Å². The summed E-state index contributed by atoms with van der Waals surface area (Å²) < 4.78 is 9.44. The highest BCUT2D eigenvalue weighted by Gasteiger charge is 2.20. The number of para-hydroxylation sites is 1. The van der Waals surface area contributed by atoms with Gasteiger partial charge in [0.1, 0.15) is 4.70 Å². The number of carbonyl (C=O) groups excluding carboxylic acids is 1. The number of amides is 1. The number of methoxy groups -OCH3 is 1. The molecule has 1 amide bonds. The molecule has 0 aliphatic heterocycles. The molecule has 182 valence electrons. The van der Waals surface area contributed by atoms with E-state index >= 15 is 0 Å². The summed E-state index contributed by atoms with van der Waals surface area (Å²) in [7, 11) is 1.63. The Balaban J connectivity index is 1.80. The molecule has 0 atom stereocenters. The van der Waals surface area contributed by atoms with E-state index in [1.54, 1.807) is 11.7 Å². The molecule has 1 N–H and O–H groups in total. The van der Waals surface area contributed by atoms with Crippen LogP contribution < -0.4 is 10.9 Å². The van der Waals surface area contributed by atoms with Gasteiger partial charge in [0.05, 0.1) is 11.4 Å². The minimum atomic E-state index is -0.206. The van der Waals surface area contributed by atoms with Crippen LogP contribution in [0, 0.1) is 17.8 Å². The number of nitrogens with zero attached hydrogens (tertiary/aromatic N) is 3. The van der Waals surface area contributed by atoms with Crippen molar-refractivity contribution in [3.05, 3.63) is 74.0 Å². The molecule has 7 nitrogen and oxygen atoms in total. The van der Waals surface area contributed by atoms with Gasteiger partial charge in [-0.3, -0.25) is 18.7 Å². The fourth-order valence-electron chi connectivity index (χ4n) is 3.56. The Labute approximate surface area is 216 Å². The molecule has 35 heavy (non-hydrogen) atoms. The van der Waals surface area contributed by atoms with Gasteiger partial charge in [0.25, 0.3) is 5.56 Å². The second-order valence-corrected chi connectivity index (χ2v) is 10.6. The highest BCUT2D eigenvalue weighted by molar-refractivity contribution is 7.99. The summed E-state index contributed by atoms with van der Waals surface area (Å²) in [5.74, 6) is 0.00286. The van der Waals surface area contributed by atoms with Gasteiger partial charge >= 0.3 is 0 Å². The third kappa shape index (κ3) is 5.56. The van der Waals surface area contributed by atoms with Crippen molar-refractivity contribution in [1.82, 2.24) is 19.4 Å². The van der Waals surface area contributed by atoms with Crippen LogP contribution in [0.4, 0.5) is 0 Å². The molecule has 0 saturated carbocycles. The summed E-state index contributed by atoms with van der Waals surface area (Å²) in [5, 5.41) is 3.31. The van der Waals surface area contributed by atoms with E-state index in [-0.39, 0.29) is 17.2 Å². The first-order valence-electron chi connectivity index (χ1n) is 11.1. The minimum absolute atomic E-state index is 0.128. The molecule has 0 unspecified atom stereocenters. The van der Waals surface area contributed by atoms with Crippen LogP contribution in [-0.2, 0) is 9.53 Å². The van der Waals surface area contributed by atoms with Crippen molar-refractivity contribution in [2.75, 3.05) is 26.0 Å². The molecule has 0 radical (unpaired) electrons. The Morgan fingerprint density at radius 3 is 2.60 bits per heavy atom. The quantitative estimate of drug-likeness (QED) is 0.146. The van der Waals surface area contributed by atoms with Crippen LogP contribution in [0.15, 0.2) is 58.5 Å². The molecule has 0 fully saturated rings. The van der Waals surface area contributed by atoms with Crippen molar-refractivity contribution < 1.29 is 9.53 Å². The predicted molar refractivity (Wildman–Crippen MR) is 145 cm³/mol. The molecule has 0 spiro atoms. The number of aromatic nitrogens is 3. The largest absolute Gasteiger partial charge is 0.385 e. The minimum Gasteiger partial charge on any atom is -0.385 e. The van der Waals surface area contributed by atoms with E-state index < -0.39 is 0 Å². The molecular weight excluding hydrogens is 501 g/mol. The third-order valence-electron chi connectivity index (χ3n) is 5.52. The summed E-state index contributed by atoms with van der Waals surface area (Å²) in [5.41, 5.74) is 4.15. The van der Waals surface area contributed by atoms with Gasteiger partial charge in [0.2, 0.25) is 5.91 Å². The average molecular weight is 527 g/mol. The molecular formula is C25H26N4O3S3. The Hall–Kier alpha value is -2.79. The maximum absolute atomic E-state index is 13.7. The second kappa shape index (κ2) is 11.3. The number of rotatable bonds is 9. The molecule has 0 aliphatic carbocycles. The first-order chi connectivity index (χ1) is 16.9. The Morgan fingerprint density at radius 1 is 1.11 bits per heavy atom. The lowest BCUT2D eigenvalue weighted by atomic mass is 10.1. The van der Waals surface area contributed by atoms with Crippen LogP contribution in [0.5, 0.6) is 0 Å². The fourth-order valence-corrected chi connectivity index (χ4v) is 5.69. The van der Waals surface area contributed by atoms with Gasteiger partial charge in [-0.2, -0.15) is 0 Å². The highest BCUT2D eigenvalue weighted by Crippen LogP contribution is 2.28. The van der Waals surface area contributed by atoms with Crippen molar-refractivity contribution in [2.24, 2.45) is 0 Å². The molecule has 4 rings (SSSR count). The number of nitrogens with one attached hydrogen (secondary N) is 1. The number of hydrogen-bond donors (Lipinski definition) is 1. The van der Waals surface area contributed by atoms with E-state index in [4.69, 9.17) is 21.9 Å². The van der Waals surface area contributed by atoms with E-state index in [1.165, 1.54) is 28.7 Å². The number of thiazole rings is 1. The number of hydrogen-bond acceptors (Lipinski definition) is 7. The molecule has 2 aromatic carbocycles. The lowest BCUT2D eigenvalue weighted by Crippen LogP contribution is -2.28. The van der Waals surface area contributed by atoms with E-state index in [1.807, 2.05) is 60.0 Å². The number of benzene rings is 2. The van der Waals surface area contributed by atoms with Crippen LogP contribution in [-0.4, -0.2) is 46.0 Å². The van der Waals surface area contributed by atoms with Crippen LogP contribution in [0.3, 0.4) is 0 Å². The number of fused-ring (bicyclic) bond motifs is 1. The first-order valence-corrected chi connectivity index (χ1v) is 13.3. The van der Waals surface area contributed by atoms with Gasteiger partial charge in [0, 0.05) is 25.9 Å². The zero-order valence-electron chi connectivity index (χ0n) is 19.7. The normalized spacial score (nSPS) is 11.2. The maximum Gasteiger partial charge on any atom is 0.278 e. The average Bonchev–Trinajstić information content (AvgIpc) is 3.19. The Kier molecular flexibility index (Phi) is 8.17. The summed E-state index contributed by atoms with van der Waals surface area (Å²) >= 11 is 8.14. The Morgan fingerprint density at radius 2 is 1.89 bits per heavy atom. The molecule has 10 heteroatoms. The number of thioether (sulfide) groups is 1. The van der Waals surface area contributed by atoms with E-state index in [9.17, 15) is 9.59 Å². The van der Waals surface area contributed by atoms with Crippen LogP contribution in [0.2, 0.25) is 0 Å². The SMILES string of the molecule is COCCCNC(=O)CSc1nc2c(sc(=S)n2-c2ccc(C)c(C)c2)c(=O)n1-c1ccccc1. The van der Waals surface area contributed by atoms with Crippen molar-refractivity contribution >= 4 is 51.6 Å². The lowest BCUT2D eigenvalue weighted by molar-refractivity contribution is -0.118. The zero-order chi connectivity index (χ0) is 24.9. The van der Waals surface area contributed by atoms with Crippen molar-refractivity contribution in [3.8, 4) is 11.4 Å². The van der Waals surface area contributed by atoms with Crippen molar-refractivity contribution in [3.63, 3.8) is 0 Å². The zero-order valence-corrected chi connectivity index (χ0v) is 22.2. The second-order valence-electron chi connectivity index (χ2n) is 7.98. The van der Waals surface area contributed by atoms with Gasteiger partial charge in [-0.15, -0.1) is 0 Å².